The standard InChI is InChI=1S/C7H13BrO2/c1-2-3-6-5-9-7(4-8)10-6/h6-7H,2-5H2,1H3. The molecule has 0 amide bonds. The fourth-order valence-corrected chi connectivity index (χ4v) is 1.40. The van der Waals surface area contributed by atoms with Crippen molar-refractivity contribution >= 4 is 15.9 Å². The third kappa shape index (κ3) is 2.22. The van der Waals surface area contributed by atoms with Gasteiger partial charge in [-0.25, -0.2) is 0 Å². The van der Waals surface area contributed by atoms with Crippen LogP contribution in [0.5, 0.6) is 0 Å². The number of alkyl halides is 1. The second-order valence-electron chi connectivity index (χ2n) is 2.46. The SMILES string of the molecule is CCCC1COC(CBr)O1. The fourth-order valence-electron chi connectivity index (χ4n) is 1.06. The van der Waals surface area contributed by atoms with E-state index in [9.17, 15) is 0 Å². The molecule has 2 atom stereocenters. The predicted octanol–water partition coefficient (Wildman–Crippen LogP) is 1.92. The van der Waals surface area contributed by atoms with Gasteiger partial charge in [0, 0.05) is 0 Å². The maximum atomic E-state index is 5.48. The van der Waals surface area contributed by atoms with Crippen molar-refractivity contribution in [3.63, 3.8) is 0 Å². The fraction of sp³-hybridized carbons (Fsp3) is 1.00. The van der Waals surface area contributed by atoms with Crippen LogP contribution < -0.4 is 0 Å². The molecule has 0 N–H and O–H groups in total. The summed E-state index contributed by atoms with van der Waals surface area (Å²) in [4.78, 5) is 0. The van der Waals surface area contributed by atoms with Gasteiger partial charge in [-0.1, -0.05) is 29.3 Å². The highest BCUT2D eigenvalue weighted by Crippen LogP contribution is 2.16. The van der Waals surface area contributed by atoms with Crippen molar-refractivity contribution in [2.75, 3.05) is 11.9 Å². The summed E-state index contributed by atoms with van der Waals surface area (Å²) in [6, 6.07) is 0. The number of halogens is 1. The molecule has 1 heterocycles. The van der Waals surface area contributed by atoms with E-state index >= 15 is 0 Å². The van der Waals surface area contributed by atoms with Gasteiger partial charge in [0.1, 0.15) is 0 Å². The van der Waals surface area contributed by atoms with Crippen molar-refractivity contribution < 1.29 is 9.47 Å². The third-order valence-corrected chi connectivity index (χ3v) is 2.08. The Balaban J connectivity index is 2.15. The monoisotopic (exact) mass is 208 g/mol. The molecule has 10 heavy (non-hydrogen) atoms. The van der Waals surface area contributed by atoms with E-state index in [1.54, 1.807) is 0 Å². The Morgan fingerprint density at radius 3 is 2.90 bits per heavy atom. The summed E-state index contributed by atoms with van der Waals surface area (Å²) in [6.07, 6.45) is 2.62. The molecule has 1 fully saturated rings. The van der Waals surface area contributed by atoms with E-state index < -0.39 is 0 Å². The zero-order valence-electron chi connectivity index (χ0n) is 6.18. The van der Waals surface area contributed by atoms with Crippen molar-refractivity contribution in [2.45, 2.75) is 32.2 Å². The Morgan fingerprint density at radius 1 is 1.60 bits per heavy atom. The Kier molecular flexibility index (Phi) is 3.66. The van der Waals surface area contributed by atoms with Crippen LogP contribution in [-0.4, -0.2) is 24.3 Å². The molecule has 1 aliphatic heterocycles. The van der Waals surface area contributed by atoms with E-state index in [1.807, 2.05) is 0 Å². The Bertz CT molecular complexity index is 97.6. The summed E-state index contributed by atoms with van der Waals surface area (Å²) in [5.74, 6) is 0. The molecular weight excluding hydrogens is 196 g/mol. The van der Waals surface area contributed by atoms with Crippen LogP contribution in [-0.2, 0) is 9.47 Å². The van der Waals surface area contributed by atoms with Gasteiger partial charge in [0.05, 0.1) is 18.0 Å². The maximum Gasteiger partial charge on any atom is 0.167 e. The molecule has 0 aromatic carbocycles. The Hall–Kier alpha value is 0.400. The summed E-state index contributed by atoms with van der Waals surface area (Å²) in [5, 5.41) is 0.785. The molecule has 0 bridgehead atoms. The van der Waals surface area contributed by atoms with E-state index in [0.717, 1.165) is 18.4 Å². The largest absolute Gasteiger partial charge is 0.349 e. The third-order valence-electron chi connectivity index (χ3n) is 1.55. The summed E-state index contributed by atoms with van der Waals surface area (Å²) in [5.41, 5.74) is 0. The molecule has 3 heteroatoms. The van der Waals surface area contributed by atoms with Gasteiger partial charge in [0.25, 0.3) is 0 Å². The van der Waals surface area contributed by atoms with Gasteiger partial charge in [-0.2, -0.15) is 0 Å². The van der Waals surface area contributed by atoms with Gasteiger partial charge in [-0.05, 0) is 6.42 Å². The lowest BCUT2D eigenvalue weighted by Gasteiger charge is -2.06. The molecule has 1 aliphatic rings. The van der Waals surface area contributed by atoms with Gasteiger partial charge >= 0.3 is 0 Å². The van der Waals surface area contributed by atoms with E-state index in [-0.39, 0.29) is 6.29 Å². The van der Waals surface area contributed by atoms with Crippen LogP contribution in [0.3, 0.4) is 0 Å². The summed E-state index contributed by atoms with van der Waals surface area (Å²) >= 11 is 3.30. The Labute approximate surface area is 70.0 Å². The highest BCUT2D eigenvalue weighted by Gasteiger charge is 2.23. The van der Waals surface area contributed by atoms with Crippen LogP contribution in [0.25, 0.3) is 0 Å². The van der Waals surface area contributed by atoms with E-state index in [2.05, 4.69) is 22.9 Å². The second kappa shape index (κ2) is 4.31. The minimum atomic E-state index is -0.00319. The molecule has 0 spiro atoms. The van der Waals surface area contributed by atoms with Gasteiger partial charge in [-0.15, -0.1) is 0 Å². The first-order valence-electron chi connectivity index (χ1n) is 3.69. The first-order chi connectivity index (χ1) is 4.86. The first-order valence-corrected chi connectivity index (χ1v) is 4.82. The van der Waals surface area contributed by atoms with Crippen LogP contribution in [0, 0.1) is 0 Å². The zero-order valence-corrected chi connectivity index (χ0v) is 7.76. The highest BCUT2D eigenvalue weighted by molar-refractivity contribution is 9.09. The van der Waals surface area contributed by atoms with Gasteiger partial charge in [-0.3, -0.25) is 0 Å². The van der Waals surface area contributed by atoms with Crippen molar-refractivity contribution in [1.82, 2.24) is 0 Å². The molecule has 0 aliphatic carbocycles. The molecule has 0 saturated carbocycles. The minimum Gasteiger partial charge on any atom is -0.349 e. The Morgan fingerprint density at radius 2 is 2.40 bits per heavy atom. The molecule has 1 saturated heterocycles. The number of hydrogen-bond donors (Lipinski definition) is 0. The quantitative estimate of drug-likeness (QED) is 0.661. The second-order valence-corrected chi connectivity index (χ2v) is 3.11. The van der Waals surface area contributed by atoms with Crippen molar-refractivity contribution in [1.29, 1.82) is 0 Å². The van der Waals surface area contributed by atoms with Crippen LogP contribution in [0.4, 0.5) is 0 Å². The molecule has 0 aromatic rings. The molecule has 0 radical (unpaired) electrons. The smallest absolute Gasteiger partial charge is 0.167 e. The lowest BCUT2D eigenvalue weighted by Crippen LogP contribution is -2.12. The molecule has 1 rings (SSSR count). The summed E-state index contributed by atoms with van der Waals surface area (Å²) in [7, 11) is 0. The van der Waals surface area contributed by atoms with E-state index in [1.165, 1.54) is 6.42 Å². The molecular formula is C7H13BrO2. The van der Waals surface area contributed by atoms with E-state index in [4.69, 9.17) is 9.47 Å². The average Bonchev–Trinajstić information content (AvgIpc) is 2.37. The summed E-state index contributed by atoms with van der Waals surface area (Å²) < 4.78 is 10.8. The topological polar surface area (TPSA) is 18.5 Å². The average molecular weight is 209 g/mol. The zero-order chi connectivity index (χ0) is 7.40. The van der Waals surface area contributed by atoms with E-state index in [0.29, 0.717) is 6.10 Å². The lowest BCUT2D eigenvalue weighted by atomic mass is 10.2. The van der Waals surface area contributed by atoms with Gasteiger partial charge < -0.3 is 9.47 Å². The number of ether oxygens (including phenoxy) is 2. The maximum absolute atomic E-state index is 5.48. The number of hydrogen-bond acceptors (Lipinski definition) is 2. The molecule has 0 aromatic heterocycles. The van der Waals surface area contributed by atoms with Crippen LogP contribution in [0.2, 0.25) is 0 Å². The molecule has 60 valence electrons. The van der Waals surface area contributed by atoms with Crippen molar-refractivity contribution in [3.05, 3.63) is 0 Å². The normalized spacial score (nSPS) is 33.0. The minimum absolute atomic E-state index is 0.00319. The van der Waals surface area contributed by atoms with Crippen LogP contribution >= 0.6 is 15.9 Å². The van der Waals surface area contributed by atoms with Crippen LogP contribution in [0.1, 0.15) is 19.8 Å². The van der Waals surface area contributed by atoms with Crippen molar-refractivity contribution in [3.8, 4) is 0 Å². The molecule has 2 nitrogen and oxygen atoms in total. The lowest BCUT2D eigenvalue weighted by molar-refractivity contribution is -0.0386. The van der Waals surface area contributed by atoms with Crippen LogP contribution in [0.15, 0.2) is 0 Å². The summed E-state index contributed by atoms with van der Waals surface area (Å²) in [6.45, 7) is 2.93. The van der Waals surface area contributed by atoms with Gasteiger partial charge in [0.2, 0.25) is 0 Å². The molecule has 2 unspecified atom stereocenters. The first kappa shape index (κ1) is 8.50. The number of rotatable bonds is 3. The predicted molar refractivity (Wildman–Crippen MR) is 43.3 cm³/mol. The van der Waals surface area contributed by atoms with Crippen molar-refractivity contribution in [2.24, 2.45) is 0 Å². The highest BCUT2D eigenvalue weighted by atomic mass is 79.9. The van der Waals surface area contributed by atoms with Gasteiger partial charge in [0.15, 0.2) is 6.29 Å².